The van der Waals surface area contributed by atoms with Gasteiger partial charge in [0.25, 0.3) is 0 Å². The van der Waals surface area contributed by atoms with Crippen LogP contribution in [0.5, 0.6) is 0 Å². The van der Waals surface area contributed by atoms with Crippen LogP contribution in [-0.2, 0) is 12.0 Å². The van der Waals surface area contributed by atoms with Gasteiger partial charge < -0.3 is 10.2 Å². The van der Waals surface area contributed by atoms with Crippen molar-refractivity contribution < 1.29 is 0 Å². The zero-order chi connectivity index (χ0) is 13.2. The third kappa shape index (κ3) is 3.77. The van der Waals surface area contributed by atoms with Crippen molar-refractivity contribution >= 4 is 11.3 Å². The van der Waals surface area contributed by atoms with Crippen LogP contribution in [-0.4, -0.2) is 36.1 Å². The van der Waals surface area contributed by atoms with E-state index in [9.17, 15) is 0 Å². The molecule has 0 aliphatic carbocycles. The number of likely N-dealkylation sites (N-methyl/N-ethyl adjacent to an activating group) is 1. The van der Waals surface area contributed by atoms with Crippen LogP contribution in [0.1, 0.15) is 43.5 Å². The smallest absolute Gasteiger partial charge is 0.0981 e. The maximum Gasteiger partial charge on any atom is 0.0981 e. The molecule has 1 saturated heterocycles. The Morgan fingerprint density at radius 3 is 2.89 bits per heavy atom. The van der Waals surface area contributed by atoms with Crippen molar-refractivity contribution in [3.05, 3.63) is 16.1 Å². The van der Waals surface area contributed by atoms with Crippen LogP contribution in [0.25, 0.3) is 0 Å². The number of nitrogens with zero attached hydrogens (tertiary/aromatic N) is 2. The Labute approximate surface area is 115 Å². The zero-order valence-corrected chi connectivity index (χ0v) is 12.8. The van der Waals surface area contributed by atoms with Crippen LogP contribution in [0.2, 0.25) is 0 Å². The molecule has 0 amide bonds. The summed E-state index contributed by atoms with van der Waals surface area (Å²) < 4.78 is 0. The van der Waals surface area contributed by atoms with E-state index in [1.165, 1.54) is 35.8 Å². The van der Waals surface area contributed by atoms with Crippen molar-refractivity contribution in [3.8, 4) is 0 Å². The Bertz CT molecular complexity index is 381. The minimum absolute atomic E-state index is 0.175. The summed E-state index contributed by atoms with van der Waals surface area (Å²) in [6.07, 6.45) is 4.64. The summed E-state index contributed by atoms with van der Waals surface area (Å²) in [5.74, 6) is 0. The molecule has 1 N–H and O–H groups in total. The van der Waals surface area contributed by atoms with E-state index in [0.29, 0.717) is 6.04 Å². The van der Waals surface area contributed by atoms with Gasteiger partial charge in [-0.1, -0.05) is 20.8 Å². The summed E-state index contributed by atoms with van der Waals surface area (Å²) in [6, 6.07) is 0.643. The summed E-state index contributed by atoms with van der Waals surface area (Å²) in [4.78, 5) is 8.30. The average molecular weight is 267 g/mol. The molecule has 2 rings (SSSR count). The number of likely N-dealkylation sites (tertiary alicyclic amines) is 1. The number of aromatic nitrogens is 1. The Hall–Kier alpha value is -0.450. The van der Waals surface area contributed by atoms with E-state index in [1.807, 2.05) is 17.5 Å². The quantitative estimate of drug-likeness (QED) is 0.912. The van der Waals surface area contributed by atoms with E-state index in [2.05, 4.69) is 43.0 Å². The maximum absolute atomic E-state index is 4.53. The van der Waals surface area contributed by atoms with Gasteiger partial charge in [0.2, 0.25) is 0 Å². The van der Waals surface area contributed by atoms with Gasteiger partial charge >= 0.3 is 0 Å². The van der Waals surface area contributed by atoms with Crippen molar-refractivity contribution in [2.45, 2.75) is 51.6 Å². The Morgan fingerprint density at radius 2 is 2.28 bits per heavy atom. The first kappa shape index (κ1) is 14.0. The molecule has 1 aromatic heterocycles. The number of thiazole rings is 1. The van der Waals surface area contributed by atoms with Crippen molar-refractivity contribution in [2.24, 2.45) is 0 Å². The Morgan fingerprint density at radius 1 is 1.50 bits per heavy atom. The van der Waals surface area contributed by atoms with E-state index in [0.717, 1.165) is 6.54 Å². The molecule has 1 atom stereocenters. The van der Waals surface area contributed by atoms with Crippen molar-refractivity contribution in [3.63, 3.8) is 0 Å². The molecule has 18 heavy (non-hydrogen) atoms. The number of nitrogens with one attached hydrogen (secondary N) is 1. The highest BCUT2D eigenvalue weighted by Crippen LogP contribution is 2.26. The minimum atomic E-state index is 0.175. The third-order valence-corrected chi connectivity index (χ3v) is 4.81. The first-order valence-electron chi connectivity index (χ1n) is 6.82. The predicted molar refractivity (Wildman–Crippen MR) is 78.2 cm³/mol. The van der Waals surface area contributed by atoms with Crippen molar-refractivity contribution in [2.75, 3.05) is 20.1 Å². The lowest BCUT2D eigenvalue weighted by atomic mass is 9.98. The summed E-state index contributed by atoms with van der Waals surface area (Å²) in [5.41, 5.74) is 0.175. The molecule has 0 bridgehead atoms. The second-order valence-electron chi connectivity index (χ2n) is 6.36. The van der Waals surface area contributed by atoms with E-state index < -0.39 is 0 Å². The molecule has 3 nitrogen and oxygen atoms in total. The topological polar surface area (TPSA) is 28.2 Å². The van der Waals surface area contributed by atoms with E-state index in [4.69, 9.17) is 0 Å². The van der Waals surface area contributed by atoms with Crippen LogP contribution in [0, 0.1) is 0 Å². The number of hydrogen-bond donors (Lipinski definition) is 1. The van der Waals surface area contributed by atoms with Crippen molar-refractivity contribution in [1.29, 1.82) is 0 Å². The van der Waals surface area contributed by atoms with Gasteiger partial charge in [-0.15, -0.1) is 11.3 Å². The molecule has 1 aromatic rings. The van der Waals surface area contributed by atoms with Crippen LogP contribution >= 0.6 is 11.3 Å². The molecule has 102 valence electrons. The normalized spacial score (nSPS) is 22.3. The second-order valence-corrected chi connectivity index (χ2v) is 7.48. The summed E-state index contributed by atoms with van der Waals surface area (Å²) in [6.45, 7) is 10.0. The summed E-state index contributed by atoms with van der Waals surface area (Å²) in [7, 11) is 2.21. The molecular formula is C14H25N3S. The number of hydrogen-bond acceptors (Lipinski definition) is 4. The van der Waals surface area contributed by atoms with Gasteiger partial charge in [-0.05, 0) is 26.4 Å². The largest absolute Gasteiger partial charge is 0.308 e. The molecular weight excluding hydrogens is 242 g/mol. The van der Waals surface area contributed by atoms with Crippen molar-refractivity contribution in [1.82, 2.24) is 15.2 Å². The van der Waals surface area contributed by atoms with E-state index >= 15 is 0 Å². The fourth-order valence-corrected chi connectivity index (χ4v) is 3.23. The fraction of sp³-hybridized carbons (Fsp3) is 0.786. The lowest BCUT2D eigenvalue weighted by molar-refractivity contribution is 0.227. The van der Waals surface area contributed by atoms with Crippen LogP contribution in [0.15, 0.2) is 6.20 Å². The standard InChI is InChI=1S/C14H25N3S/c1-14(2,3)13-16-9-12(18-13)8-15-11-6-5-7-17(4)10-11/h9,11,15H,5-8,10H2,1-4H3. The molecule has 0 spiro atoms. The minimum Gasteiger partial charge on any atom is -0.308 e. The molecule has 0 radical (unpaired) electrons. The molecule has 0 aromatic carbocycles. The maximum atomic E-state index is 4.53. The number of piperidine rings is 1. The van der Waals surface area contributed by atoms with Gasteiger partial charge in [-0.2, -0.15) is 0 Å². The molecule has 0 saturated carbocycles. The van der Waals surface area contributed by atoms with E-state index in [1.54, 1.807) is 0 Å². The van der Waals surface area contributed by atoms with Gasteiger partial charge in [0.15, 0.2) is 0 Å². The lowest BCUT2D eigenvalue weighted by Crippen LogP contribution is -2.43. The van der Waals surface area contributed by atoms with Gasteiger partial charge in [0.05, 0.1) is 5.01 Å². The SMILES string of the molecule is CN1CCCC(NCc2cnc(C(C)(C)C)s2)C1. The predicted octanol–water partition coefficient (Wildman–Crippen LogP) is 2.62. The zero-order valence-electron chi connectivity index (χ0n) is 12.0. The monoisotopic (exact) mass is 267 g/mol. The average Bonchev–Trinajstić information content (AvgIpc) is 2.74. The summed E-state index contributed by atoms with van der Waals surface area (Å²) >= 11 is 1.84. The highest BCUT2D eigenvalue weighted by Gasteiger charge is 2.19. The molecule has 1 aliphatic rings. The van der Waals surface area contributed by atoms with Gasteiger partial charge in [-0.25, -0.2) is 4.98 Å². The highest BCUT2D eigenvalue weighted by molar-refractivity contribution is 7.11. The molecule has 1 fully saturated rings. The number of rotatable bonds is 3. The van der Waals surface area contributed by atoms with Crippen LogP contribution in [0.4, 0.5) is 0 Å². The van der Waals surface area contributed by atoms with Crippen LogP contribution < -0.4 is 5.32 Å². The van der Waals surface area contributed by atoms with Gasteiger partial charge in [0.1, 0.15) is 0 Å². The highest BCUT2D eigenvalue weighted by atomic mass is 32.1. The Kier molecular flexibility index (Phi) is 4.41. The van der Waals surface area contributed by atoms with Gasteiger partial charge in [0, 0.05) is 35.6 Å². The fourth-order valence-electron chi connectivity index (χ4n) is 2.31. The molecule has 1 aliphatic heterocycles. The first-order valence-corrected chi connectivity index (χ1v) is 7.64. The first-order chi connectivity index (χ1) is 8.45. The molecule has 1 unspecified atom stereocenters. The molecule has 2 heterocycles. The lowest BCUT2D eigenvalue weighted by Gasteiger charge is -2.30. The third-order valence-electron chi connectivity index (χ3n) is 3.38. The Balaban J connectivity index is 1.85. The van der Waals surface area contributed by atoms with E-state index in [-0.39, 0.29) is 5.41 Å². The molecule has 4 heteroatoms. The second kappa shape index (κ2) is 5.68. The summed E-state index contributed by atoms with van der Waals surface area (Å²) in [5, 5.41) is 4.90. The van der Waals surface area contributed by atoms with Gasteiger partial charge in [-0.3, -0.25) is 0 Å². The van der Waals surface area contributed by atoms with Crippen LogP contribution in [0.3, 0.4) is 0 Å².